The highest BCUT2D eigenvalue weighted by molar-refractivity contribution is 5.82. The van der Waals surface area contributed by atoms with E-state index < -0.39 is 17.5 Å². The summed E-state index contributed by atoms with van der Waals surface area (Å²) in [4.78, 5) is 21.6. The molecule has 6 nitrogen and oxygen atoms in total. The van der Waals surface area contributed by atoms with Crippen molar-refractivity contribution in [3.8, 4) is 5.75 Å². The van der Waals surface area contributed by atoms with Crippen LogP contribution in [0.5, 0.6) is 5.75 Å². The van der Waals surface area contributed by atoms with Crippen molar-refractivity contribution in [2.45, 2.75) is 85.7 Å². The van der Waals surface area contributed by atoms with Crippen LogP contribution in [0.1, 0.15) is 79.2 Å². The number of aliphatic carboxylic acids is 1. The number of ether oxygens (including phenoxy) is 1. The van der Waals surface area contributed by atoms with Gasteiger partial charge in [0.25, 0.3) is 5.91 Å². The van der Waals surface area contributed by atoms with Crippen LogP contribution in [0.2, 0.25) is 0 Å². The van der Waals surface area contributed by atoms with E-state index in [0.29, 0.717) is 17.6 Å². The fraction of sp³-hybridized carbons (Fsp3) is 0.680. The van der Waals surface area contributed by atoms with Gasteiger partial charge in [-0.3, -0.25) is 9.59 Å². The fourth-order valence-electron chi connectivity index (χ4n) is 3.49. The monoisotopic (exact) mass is 437 g/mol. The van der Waals surface area contributed by atoms with Crippen LogP contribution in [0.25, 0.3) is 0 Å². The number of carboxylic acid groups (broad SMARTS) is 1. The van der Waals surface area contributed by atoms with E-state index >= 15 is 0 Å². The van der Waals surface area contributed by atoms with E-state index in [9.17, 15) is 9.59 Å². The lowest BCUT2D eigenvalue weighted by molar-refractivity contribution is -0.137. The zero-order chi connectivity index (χ0) is 24.2. The Bertz CT molecular complexity index is 671. The Balaban J connectivity index is 0.000000591. The maximum atomic E-state index is 11.1. The first kappa shape index (κ1) is 28.9. The third-order valence-electron chi connectivity index (χ3n) is 5.73. The summed E-state index contributed by atoms with van der Waals surface area (Å²) >= 11 is 0. The molecule has 1 aromatic carbocycles. The standard InChI is InChI=1S/C13H17NO4.C11H22.CH4O/c1-13(2,12(14)17)18-10-5-3-4-9(8-10)6-7-11(15)16;1-9-5-7-10(8-6-9)11(2,3)4;1-2/h3-5,8H,6-7H2,1-2H3,(H2,14,17)(H,15,16);9-10H,5-8H2,1-4H3;2H,1H3. The van der Waals surface area contributed by atoms with Crippen LogP contribution in [-0.2, 0) is 16.0 Å². The molecule has 0 saturated heterocycles. The van der Waals surface area contributed by atoms with Gasteiger partial charge in [-0.05, 0) is 68.1 Å². The summed E-state index contributed by atoms with van der Waals surface area (Å²) in [6, 6.07) is 6.99. The number of carbonyl (C=O) groups is 2. The highest BCUT2D eigenvalue weighted by Gasteiger charge is 2.28. The number of aryl methyl sites for hydroxylation is 1. The molecular weight excluding hydrogens is 394 g/mol. The average Bonchev–Trinajstić information content (AvgIpc) is 2.68. The molecule has 1 saturated carbocycles. The first-order valence-electron chi connectivity index (χ1n) is 11.1. The number of aliphatic hydroxyl groups excluding tert-OH is 1. The second kappa shape index (κ2) is 13.4. The minimum absolute atomic E-state index is 0.0582. The van der Waals surface area contributed by atoms with Gasteiger partial charge < -0.3 is 20.7 Å². The lowest BCUT2D eigenvalue weighted by Crippen LogP contribution is -2.43. The summed E-state index contributed by atoms with van der Waals surface area (Å²) in [5, 5.41) is 15.6. The van der Waals surface area contributed by atoms with Crippen LogP contribution in [0, 0.1) is 17.3 Å². The van der Waals surface area contributed by atoms with Crippen molar-refractivity contribution in [3.05, 3.63) is 29.8 Å². The number of hydrogen-bond acceptors (Lipinski definition) is 4. The van der Waals surface area contributed by atoms with Gasteiger partial charge in [-0.25, -0.2) is 0 Å². The van der Waals surface area contributed by atoms with E-state index in [-0.39, 0.29) is 6.42 Å². The van der Waals surface area contributed by atoms with E-state index in [1.807, 2.05) is 6.07 Å². The number of hydrogen-bond donors (Lipinski definition) is 3. The Morgan fingerprint density at radius 1 is 1.06 bits per heavy atom. The summed E-state index contributed by atoms with van der Waals surface area (Å²) < 4.78 is 5.49. The Morgan fingerprint density at radius 3 is 2.06 bits per heavy atom. The molecule has 1 aromatic rings. The molecule has 31 heavy (non-hydrogen) atoms. The minimum Gasteiger partial charge on any atom is -0.481 e. The van der Waals surface area contributed by atoms with E-state index in [2.05, 4.69) is 27.7 Å². The maximum Gasteiger partial charge on any atom is 0.303 e. The third kappa shape index (κ3) is 11.8. The largest absolute Gasteiger partial charge is 0.481 e. The van der Waals surface area contributed by atoms with Crippen LogP contribution < -0.4 is 10.5 Å². The normalized spacial score (nSPS) is 18.6. The summed E-state index contributed by atoms with van der Waals surface area (Å²) in [6.07, 6.45) is 6.32. The van der Waals surface area contributed by atoms with Crippen molar-refractivity contribution < 1.29 is 24.5 Å². The van der Waals surface area contributed by atoms with Gasteiger partial charge in [0.15, 0.2) is 5.60 Å². The predicted molar refractivity (Wildman–Crippen MR) is 125 cm³/mol. The van der Waals surface area contributed by atoms with Crippen LogP contribution >= 0.6 is 0 Å². The SMILES string of the molecule is CC(C)(Oc1cccc(CCC(=O)O)c1)C(N)=O.CC1CCC(C(C)(C)C)CC1.CO. The molecule has 0 spiro atoms. The molecule has 1 fully saturated rings. The molecule has 1 aliphatic rings. The Kier molecular flexibility index (Phi) is 12.5. The summed E-state index contributed by atoms with van der Waals surface area (Å²) in [7, 11) is 1.00. The number of amides is 1. The molecule has 4 N–H and O–H groups in total. The zero-order valence-electron chi connectivity index (χ0n) is 20.4. The van der Waals surface area contributed by atoms with E-state index in [4.69, 9.17) is 20.7 Å². The van der Waals surface area contributed by atoms with Gasteiger partial charge >= 0.3 is 5.97 Å². The smallest absolute Gasteiger partial charge is 0.303 e. The van der Waals surface area contributed by atoms with Gasteiger partial charge in [0, 0.05) is 13.5 Å². The first-order chi connectivity index (χ1) is 14.3. The molecule has 0 aromatic heterocycles. The highest BCUT2D eigenvalue weighted by Crippen LogP contribution is 2.39. The number of nitrogens with two attached hydrogens (primary N) is 1. The molecule has 0 aliphatic heterocycles. The molecule has 0 radical (unpaired) electrons. The molecule has 0 unspecified atom stereocenters. The molecule has 0 heterocycles. The number of primary amides is 1. The molecule has 1 amide bonds. The second-order valence-corrected chi connectivity index (χ2v) is 9.84. The molecule has 2 rings (SSSR count). The molecule has 0 bridgehead atoms. The number of carboxylic acids is 1. The highest BCUT2D eigenvalue weighted by atomic mass is 16.5. The Labute approximate surface area is 188 Å². The van der Waals surface area contributed by atoms with Crippen molar-refractivity contribution in [2.24, 2.45) is 23.0 Å². The zero-order valence-corrected chi connectivity index (χ0v) is 20.4. The molecule has 178 valence electrons. The van der Waals surface area contributed by atoms with Crippen LogP contribution in [-0.4, -0.2) is 34.8 Å². The van der Waals surface area contributed by atoms with Gasteiger partial charge in [0.2, 0.25) is 0 Å². The predicted octanol–water partition coefficient (Wildman–Crippen LogP) is 4.81. The Hall–Kier alpha value is -2.08. The lowest BCUT2D eigenvalue weighted by atomic mass is 9.70. The lowest BCUT2D eigenvalue weighted by Gasteiger charge is -2.35. The number of benzene rings is 1. The molecular formula is C25H43NO5. The van der Waals surface area contributed by atoms with Crippen LogP contribution in [0.15, 0.2) is 24.3 Å². The van der Waals surface area contributed by atoms with Crippen molar-refractivity contribution in [2.75, 3.05) is 7.11 Å². The number of carbonyl (C=O) groups excluding carboxylic acids is 1. The van der Waals surface area contributed by atoms with Crippen molar-refractivity contribution in [1.29, 1.82) is 0 Å². The Morgan fingerprint density at radius 2 is 1.61 bits per heavy atom. The van der Waals surface area contributed by atoms with Crippen molar-refractivity contribution in [3.63, 3.8) is 0 Å². The number of rotatable bonds is 6. The molecule has 6 heteroatoms. The number of aliphatic hydroxyl groups is 1. The van der Waals surface area contributed by atoms with E-state index in [0.717, 1.165) is 24.5 Å². The summed E-state index contributed by atoms with van der Waals surface area (Å²) in [5.41, 5.74) is 5.52. The fourth-order valence-corrected chi connectivity index (χ4v) is 3.49. The minimum atomic E-state index is -1.09. The quantitative estimate of drug-likeness (QED) is 0.591. The maximum absolute atomic E-state index is 11.1. The van der Waals surface area contributed by atoms with Gasteiger partial charge in [-0.1, -0.05) is 52.7 Å². The summed E-state index contributed by atoms with van der Waals surface area (Å²) in [5.74, 6) is 1.08. The van der Waals surface area contributed by atoms with E-state index in [1.165, 1.54) is 25.7 Å². The van der Waals surface area contributed by atoms with Crippen molar-refractivity contribution >= 4 is 11.9 Å². The topological polar surface area (TPSA) is 110 Å². The van der Waals surface area contributed by atoms with Crippen LogP contribution in [0.4, 0.5) is 0 Å². The third-order valence-corrected chi connectivity index (χ3v) is 5.73. The average molecular weight is 438 g/mol. The van der Waals surface area contributed by atoms with Gasteiger partial charge in [-0.15, -0.1) is 0 Å². The summed E-state index contributed by atoms with van der Waals surface area (Å²) in [6.45, 7) is 12.7. The van der Waals surface area contributed by atoms with Gasteiger partial charge in [0.1, 0.15) is 5.75 Å². The van der Waals surface area contributed by atoms with Crippen molar-refractivity contribution in [1.82, 2.24) is 0 Å². The first-order valence-corrected chi connectivity index (χ1v) is 11.1. The van der Waals surface area contributed by atoms with Gasteiger partial charge in [0.05, 0.1) is 0 Å². The second-order valence-electron chi connectivity index (χ2n) is 9.84. The van der Waals surface area contributed by atoms with E-state index in [1.54, 1.807) is 32.0 Å². The van der Waals surface area contributed by atoms with Crippen LogP contribution in [0.3, 0.4) is 0 Å². The van der Waals surface area contributed by atoms with Gasteiger partial charge in [-0.2, -0.15) is 0 Å². The molecule has 0 atom stereocenters. The molecule has 1 aliphatic carbocycles.